The Morgan fingerprint density at radius 2 is 1.45 bits per heavy atom. The van der Waals surface area contributed by atoms with Gasteiger partial charge in [-0.05, 0) is 50.2 Å². The van der Waals surface area contributed by atoms with Crippen molar-refractivity contribution in [3.05, 3.63) is 48.3 Å². The van der Waals surface area contributed by atoms with Gasteiger partial charge in [0, 0.05) is 0 Å². The maximum Gasteiger partial charge on any atom is 0.117 e. The molecule has 0 aliphatic heterocycles. The third-order valence-corrected chi connectivity index (χ3v) is 3.35. The summed E-state index contributed by atoms with van der Waals surface area (Å²) in [6.45, 7) is 3.49. The van der Waals surface area contributed by atoms with Gasteiger partial charge >= 0.3 is 0 Å². The van der Waals surface area contributed by atoms with Gasteiger partial charge < -0.3 is 14.6 Å². The average molecular weight is 276 g/mol. The fraction of sp³-hybridized carbons (Fsp3) is 0.500. The molecule has 2 aromatic rings. The maximum absolute atomic E-state index is 5.52. The van der Waals surface area contributed by atoms with Gasteiger partial charge in [-0.2, -0.15) is 0 Å². The summed E-state index contributed by atoms with van der Waals surface area (Å²) >= 11 is 0. The van der Waals surface area contributed by atoms with Gasteiger partial charge in [-0.15, -0.1) is 0 Å². The number of unbranched alkanes of at least 4 members (excludes halogenated alkanes) is 3. The molecule has 2 aromatic heterocycles. The van der Waals surface area contributed by atoms with Crippen LogP contribution in [-0.4, -0.2) is 18.0 Å². The Labute approximate surface area is 120 Å². The lowest BCUT2D eigenvalue weighted by atomic mass is 10.2. The molecule has 4 heteroatoms. The highest BCUT2D eigenvalue weighted by Gasteiger charge is 2.10. The predicted octanol–water partition coefficient (Wildman–Crippen LogP) is 3.39. The summed E-state index contributed by atoms with van der Waals surface area (Å²) in [4.78, 5) is 2.36. The second-order valence-corrected chi connectivity index (χ2v) is 5.07. The SMILES string of the molecule is NCCCCCCN(Cc1ccco1)Cc1ccco1. The normalized spacial score (nSPS) is 11.3. The topological polar surface area (TPSA) is 55.5 Å². The summed E-state index contributed by atoms with van der Waals surface area (Å²) in [7, 11) is 0. The molecule has 0 spiro atoms. The van der Waals surface area contributed by atoms with Crippen LogP contribution in [0.1, 0.15) is 37.2 Å². The summed E-state index contributed by atoms with van der Waals surface area (Å²) in [5.74, 6) is 2.00. The van der Waals surface area contributed by atoms with Crippen LogP contribution in [-0.2, 0) is 13.1 Å². The van der Waals surface area contributed by atoms with Crippen molar-refractivity contribution >= 4 is 0 Å². The van der Waals surface area contributed by atoms with E-state index in [1.54, 1.807) is 12.5 Å². The van der Waals surface area contributed by atoms with Crippen molar-refractivity contribution < 1.29 is 8.83 Å². The first kappa shape index (κ1) is 14.9. The van der Waals surface area contributed by atoms with Gasteiger partial charge in [0.1, 0.15) is 11.5 Å². The second kappa shape index (κ2) is 8.61. The van der Waals surface area contributed by atoms with Crippen LogP contribution in [0.3, 0.4) is 0 Å². The molecule has 0 aliphatic rings. The van der Waals surface area contributed by atoms with E-state index in [9.17, 15) is 0 Å². The zero-order valence-corrected chi connectivity index (χ0v) is 12.0. The molecular weight excluding hydrogens is 252 g/mol. The van der Waals surface area contributed by atoms with E-state index >= 15 is 0 Å². The van der Waals surface area contributed by atoms with Crippen LogP contribution < -0.4 is 5.73 Å². The number of furan rings is 2. The van der Waals surface area contributed by atoms with Crippen molar-refractivity contribution in [2.24, 2.45) is 5.73 Å². The van der Waals surface area contributed by atoms with Crippen molar-refractivity contribution in [1.82, 2.24) is 4.90 Å². The van der Waals surface area contributed by atoms with Gasteiger partial charge in [0.2, 0.25) is 0 Å². The summed E-state index contributed by atoms with van der Waals surface area (Å²) < 4.78 is 10.9. The molecule has 0 amide bonds. The van der Waals surface area contributed by atoms with Gasteiger partial charge in [-0.1, -0.05) is 12.8 Å². The van der Waals surface area contributed by atoms with Gasteiger partial charge in [0.05, 0.1) is 25.6 Å². The van der Waals surface area contributed by atoms with Crippen molar-refractivity contribution in [2.45, 2.75) is 38.8 Å². The van der Waals surface area contributed by atoms with Crippen molar-refractivity contribution in [3.8, 4) is 0 Å². The standard InChI is InChI=1S/C16H24N2O2/c17-9-3-1-2-4-10-18(13-15-7-5-11-19-15)14-16-8-6-12-20-16/h5-8,11-12H,1-4,9-10,13-14,17H2. The molecule has 0 fully saturated rings. The van der Waals surface area contributed by atoms with E-state index in [0.29, 0.717) is 0 Å². The summed E-state index contributed by atoms with van der Waals surface area (Å²) in [6.07, 6.45) is 8.19. The summed E-state index contributed by atoms with van der Waals surface area (Å²) in [5, 5.41) is 0. The van der Waals surface area contributed by atoms with Gasteiger partial charge in [0.25, 0.3) is 0 Å². The Hall–Kier alpha value is -1.52. The van der Waals surface area contributed by atoms with Crippen molar-refractivity contribution in [2.75, 3.05) is 13.1 Å². The molecule has 0 unspecified atom stereocenters. The van der Waals surface area contributed by atoms with Gasteiger partial charge in [-0.3, -0.25) is 4.90 Å². The highest BCUT2D eigenvalue weighted by atomic mass is 16.3. The van der Waals surface area contributed by atoms with Crippen molar-refractivity contribution in [3.63, 3.8) is 0 Å². The Morgan fingerprint density at radius 1 is 0.850 bits per heavy atom. The predicted molar refractivity (Wildman–Crippen MR) is 79.1 cm³/mol. The Bertz CT molecular complexity index is 401. The molecule has 0 atom stereocenters. The maximum atomic E-state index is 5.52. The molecule has 0 aliphatic carbocycles. The summed E-state index contributed by atoms with van der Waals surface area (Å²) in [5.41, 5.74) is 5.52. The van der Waals surface area contributed by atoms with E-state index in [2.05, 4.69) is 4.90 Å². The lowest BCUT2D eigenvalue weighted by Crippen LogP contribution is -2.23. The molecule has 2 heterocycles. The van der Waals surface area contributed by atoms with E-state index in [1.165, 1.54) is 19.3 Å². The molecule has 0 bridgehead atoms. The Kier molecular flexibility index (Phi) is 6.41. The average Bonchev–Trinajstić information content (AvgIpc) is 3.12. The second-order valence-electron chi connectivity index (χ2n) is 5.07. The molecular formula is C16H24N2O2. The van der Waals surface area contributed by atoms with Crippen LogP contribution in [0.4, 0.5) is 0 Å². The smallest absolute Gasteiger partial charge is 0.117 e. The van der Waals surface area contributed by atoms with Crippen LogP contribution in [0.2, 0.25) is 0 Å². The quantitative estimate of drug-likeness (QED) is 0.676. The van der Waals surface area contributed by atoms with E-state index < -0.39 is 0 Å². The first-order valence-electron chi connectivity index (χ1n) is 7.35. The van der Waals surface area contributed by atoms with E-state index in [4.69, 9.17) is 14.6 Å². The zero-order chi connectivity index (χ0) is 14.0. The first-order chi connectivity index (χ1) is 9.88. The molecule has 0 aromatic carbocycles. The van der Waals surface area contributed by atoms with Crippen LogP contribution in [0.15, 0.2) is 45.6 Å². The number of rotatable bonds is 10. The third-order valence-electron chi connectivity index (χ3n) is 3.35. The first-order valence-corrected chi connectivity index (χ1v) is 7.35. The van der Waals surface area contributed by atoms with Crippen LogP contribution >= 0.6 is 0 Å². The number of hydrogen-bond donors (Lipinski definition) is 1. The van der Waals surface area contributed by atoms with E-state index in [-0.39, 0.29) is 0 Å². The number of nitrogens with two attached hydrogens (primary N) is 1. The molecule has 4 nitrogen and oxygen atoms in total. The minimum absolute atomic E-state index is 0.794. The molecule has 20 heavy (non-hydrogen) atoms. The zero-order valence-electron chi connectivity index (χ0n) is 12.0. The van der Waals surface area contributed by atoms with Crippen LogP contribution in [0.5, 0.6) is 0 Å². The lowest BCUT2D eigenvalue weighted by Gasteiger charge is -2.20. The molecule has 0 radical (unpaired) electrons. The van der Waals surface area contributed by atoms with Crippen LogP contribution in [0, 0.1) is 0 Å². The Morgan fingerprint density at radius 3 is 1.95 bits per heavy atom. The fourth-order valence-corrected chi connectivity index (χ4v) is 2.29. The molecule has 110 valence electrons. The molecule has 2 rings (SSSR count). The van der Waals surface area contributed by atoms with E-state index in [1.807, 2.05) is 24.3 Å². The molecule has 0 saturated carbocycles. The Balaban J connectivity index is 1.80. The van der Waals surface area contributed by atoms with Crippen molar-refractivity contribution in [1.29, 1.82) is 0 Å². The third kappa shape index (κ3) is 5.23. The number of hydrogen-bond acceptors (Lipinski definition) is 4. The fourth-order valence-electron chi connectivity index (χ4n) is 2.29. The number of nitrogens with zero attached hydrogens (tertiary/aromatic N) is 1. The molecule has 0 saturated heterocycles. The minimum atomic E-state index is 0.794. The molecule has 2 N–H and O–H groups in total. The van der Waals surface area contributed by atoms with Crippen LogP contribution in [0.25, 0.3) is 0 Å². The highest BCUT2D eigenvalue weighted by molar-refractivity contribution is 5.01. The largest absolute Gasteiger partial charge is 0.468 e. The minimum Gasteiger partial charge on any atom is -0.468 e. The van der Waals surface area contributed by atoms with Gasteiger partial charge in [0.15, 0.2) is 0 Å². The highest BCUT2D eigenvalue weighted by Crippen LogP contribution is 2.12. The summed E-state index contributed by atoms with van der Waals surface area (Å²) in [6, 6.07) is 7.90. The monoisotopic (exact) mass is 276 g/mol. The van der Waals surface area contributed by atoms with E-state index in [0.717, 1.165) is 44.1 Å². The lowest BCUT2D eigenvalue weighted by molar-refractivity contribution is 0.213. The van der Waals surface area contributed by atoms with Gasteiger partial charge in [-0.25, -0.2) is 0 Å².